The fourth-order valence-corrected chi connectivity index (χ4v) is 3.75. The number of nitrogens with zero attached hydrogens (tertiary/aromatic N) is 3. The molecule has 0 saturated carbocycles. The van der Waals surface area contributed by atoms with Gasteiger partial charge in [-0.1, -0.05) is 74.8 Å². The fraction of sp³-hybridized carbons (Fsp3) is 0.370. The molecule has 192 valence electrons. The maximum atomic E-state index is 13.1. The molecule has 0 saturated heterocycles. The van der Waals surface area contributed by atoms with Gasteiger partial charge in [-0.05, 0) is 24.1 Å². The molecule has 8 nitrogen and oxygen atoms in total. The van der Waals surface area contributed by atoms with Crippen LogP contribution >= 0.6 is 11.6 Å². The van der Waals surface area contributed by atoms with Crippen LogP contribution in [0.1, 0.15) is 38.4 Å². The molecule has 0 aliphatic rings. The SMILES string of the molecule is COCCCN(CC(=O)Nc1cc(C(C)(C)C)nn1-c1ccccc1Cl)C(=O)NCc1ccccc1. The molecule has 0 aliphatic carbocycles. The molecule has 1 aromatic heterocycles. The molecular weight excluding hydrogens is 478 g/mol. The summed E-state index contributed by atoms with van der Waals surface area (Å²) in [7, 11) is 1.61. The van der Waals surface area contributed by atoms with E-state index in [0.717, 1.165) is 11.3 Å². The van der Waals surface area contributed by atoms with Crippen molar-refractivity contribution in [2.24, 2.45) is 0 Å². The molecule has 0 fully saturated rings. The van der Waals surface area contributed by atoms with E-state index in [-0.39, 0.29) is 23.9 Å². The Balaban J connectivity index is 1.77. The van der Waals surface area contributed by atoms with Crippen LogP contribution in [-0.2, 0) is 21.5 Å². The van der Waals surface area contributed by atoms with Crippen LogP contribution in [0.3, 0.4) is 0 Å². The molecule has 0 aliphatic heterocycles. The lowest BCUT2D eigenvalue weighted by atomic mass is 9.92. The van der Waals surface area contributed by atoms with E-state index in [9.17, 15) is 9.59 Å². The highest BCUT2D eigenvalue weighted by molar-refractivity contribution is 6.32. The molecule has 3 aromatic rings. The molecule has 0 unspecified atom stereocenters. The monoisotopic (exact) mass is 511 g/mol. The number of hydrogen-bond acceptors (Lipinski definition) is 4. The summed E-state index contributed by atoms with van der Waals surface area (Å²) in [6.45, 7) is 7.25. The smallest absolute Gasteiger partial charge is 0.318 e. The quantitative estimate of drug-likeness (QED) is 0.374. The van der Waals surface area contributed by atoms with Crippen molar-refractivity contribution in [1.82, 2.24) is 20.0 Å². The number of anilines is 1. The van der Waals surface area contributed by atoms with Crippen molar-refractivity contribution in [3.05, 3.63) is 76.9 Å². The third-order valence-corrected chi connectivity index (χ3v) is 5.83. The Bertz CT molecular complexity index is 1160. The minimum Gasteiger partial charge on any atom is -0.385 e. The number of carbonyl (C=O) groups is 2. The summed E-state index contributed by atoms with van der Waals surface area (Å²) >= 11 is 6.43. The first-order valence-electron chi connectivity index (χ1n) is 11.9. The van der Waals surface area contributed by atoms with E-state index in [2.05, 4.69) is 10.6 Å². The van der Waals surface area contributed by atoms with Gasteiger partial charge in [0, 0.05) is 38.3 Å². The highest BCUT2D eigenvalue weighted by Crippen LogP contribution is 2.29. The number of carbonyl (C=O) groups excluding carboxylic acids is 2. The van der Waals surface area contributed by atoms with Crippen LogP contribution in [0.15, 0.2) is 60.7 Å². The highest BCUT2D eigenvalue weighted by atomic mass is 35.5. The summed E-state index contributed by atoms with van der Waals surface area (Å²) in [4.78, 5) is 27.5. The van der Waals surface area contributed by atoms with Gasteiger partial charge in [0.2, 0.25) is 5.91 Å². The van der Waals surface area contributed by atoms with Gasteiger partial charge in [-0.25, -0.2) is 9.48 Å². The first-order valence-corrected chi connectivity index (χ1v) is 12.3. The van der Waals surface area contributed by atoms with Crippen molar-refractivity contribution in [2.45, 2.75) is 39.2 Å². The summed E-state index contributed by atoms with van der Waals surface area (Å²) in [6.07, 6.45) is 0.605. The predicted molar refractivity (Wildman–Crippen MR) is 143 cm³/mol. The number of nitrogens with one attached hydrogen (secondary N) is 2. The topological polar surface area (TPSA) is 88.5 Å². The van der Waals surface area contributed by atoms with Gasteiger partial charge in [-0.15, -0.1) is 0 Å². The lowest BCUT2D eigenvalue weighted by molar-refractivity contribution is -0.116. The molecule has 3 amide bonds. The van der Waals surface area contributed by atoms with E-state index >= 15 is 0 Å². The van der Waals surface area contributed by atoms with E-state index in [1.54, 1.807) is 17.9 Å². The second-order valence-electron chi connectivity index (χ2n) is 9.49. The van der Waals surface area contributed by atoms with E-state index in [0.29, 0.717) is 42.6 Å². The molecule has 2 aromatic carbocycles. The number of halogens is 1. The van der Waals surface area contributed by atoms with Gasteiger partial charge >= 0.3 is 6.03 Å². The van der Waals surface area contributed by atoms with Crippen LogP contribution in [0.4, 0.5) is 10.6 Å². The predicted octanol–water partition coefficient (Wildman–Crippen LogP) is 5.01. The minimum atomic E-state index is -0.337. The molecule has 1 heterocycles. The molecule has 0 atom stereocenters. The number of amides is 3. The Kier molecular flexibility index (Phi) is 9.50. The Morgan fingerprint density at radius 2 is 1.78 bits per heavy atom. The number of methoxy groups -OCH3 is 1. The molecule has 0 radical (unpaired) electrons. The van der Waals surface area contributed by atoms with Crippen LogP contribution in [0.25, 0.3) is 5.69 Å². The lowest BCUT2D eigenvalue weighted by Gasteiger charge is -2.23. The molecule has 3 rings (SSSR count). The van der Waals surface area contributed by atoms with E-state index in [1.165, 1.54) is 4.90 Å². The number of benzene rings is 2. The van der Waals surface area contributed by atoms with Crippen LogP contribution < -0.4 is 10.6 Å². The van der Waals surface area contributed by atoms with Gasteiger partial charge in [0.05, 0.1) is 16.4 Å². The van der Waals surface area contributed by atoms with Gasteiger partial charge < -0.3 is 20.3 Å². The van der Waals surface area contributed by atoms with Crippen molar-refractivity contribution < 1.29 is 14.3 Å². The van der Waals surface area contributed by atoms with Crippen LogP contribution in [0.2, 0.25) is 5.02 Å². The zero-order valence-corrected chi connectivity index (χ0v) is 22.0. The van der Waals surface area contributed by atoms with Crippen LogP contribution in [-0.4, -0.2) is 53.4 Å². The minimum absolute atomic E-state index is 0.122. The average Bonchev–Trinajstić information content (AvgIpc) is 3.27. The largest absolute Gasteiger partial charge is 0.385 e. The van der Waals surface area contributed by atoms with Crippen molar-refractivity contribution in [3.8, 4) is 5.69 Å². The summed E-state index contributed by atoms with van der Waals surface area (Å²) in [5, 5.41) is 11.0. The molecule has 0 spiro atoms. The lowest BCUT2D eigenvalue weighted by Crippen LogP contribution is -2.44. The zero-order valence-electron chi connectivity index (χ0n) is 21.3. The maximum Gasteiger partial charge on any atom is 0.318 e. The van der Waals surface area contributed by atoms with Crippen molar-refractivity contribution in [2.75, 3.05) is 32.1 Å². The second-order valence-corrected chi connectivity index (χ2v) is 9.90. The van der Waals surface area contributed by atoms with Gasteiger partial charge in [-0.2, -0.15) is 5.10 Å². The van der Waals surface area contributed by atoms with Crippen molar-refractivity contribution in [3.63, 3.8) is 0 Å². The Hall–Kier alpha value is -3.36. The third kappa shape index (κ3) is 7.57. The van der Waals surface area contributed by atoms with Gasteiger partial charge in [0.15, 0.2) is 0 Å². The second kappa shape index (κ2) is 12.6. The summed E-state index contributed by atoms with van der Waals surface area (Å²) in [6, 6.07) is 18.5. The maximum absolute atomic E-state index is 13.1. The Morgan fingerprint density at radius 3 is 2.44 bits per heavy atom. The van der Waals surface area contributed by atoms with Gasteiger partial charge in [0.1, 0.15) is 12.4 Å². The standard InChI is InChI=1S/C27H34ClN5O3/c1-27(2,3)23-17-24(33(31-23)22-14-9-8-13-21(22)28)30-25(34)19-32(15-10-16-36-4)26(35)29-18-20-11-6-5-7-12-20/h5-9,11-14,17H,10,15-16,18-19H2,1-4H3,(H,29,35)(H,30,34). The molecule has 9 heteroatoms. The van der Waals surface area contributed by atoms with Gasteiger partial charge in [-0.3, -0.25) is 4.79 Å². The fourth-order valence-electron chi connectivity index (χ4n) is 3.54. The average molecular weight is 512 g/mol. The van der Waals surface area contributed by atoms with Crippen LogP contribution in [0.5, 0.6) is 0 Å². The van der Waals surface area contributed by atoms with Crippen LogP contribution in [0, 0.1) is 0 Å². The van der Waals surface area contributed by atoms with E-state index in [1.807, 2.05) is 75.4 Å². The number of ether oxygens (including phenoxy) is 1. The summed E-state index contributed by atoms with van der Waals surface area (Å²) in [5.41, 5.74) is 2.19. The first-order chi connectivity index (χ1) is 17.2. The third-order valence-electron chi connectivity index (χ3n) is 5.51. The molecule has 2 N–H and O–H groups in total. The first kappa shape index (κ1) is 27.2. The molecule has 36 heavy (non-hydrogen) atoms. The Labute approximate surface area is 217 Å². The summed E-state index contributed by atoms with van der Waals surface area (Å²) in [5.74, 6) is 0.149. The van der Waals surface area contributed by atoms with Crippen molar-refractivity contribution in [1.29, 1.82) is 0 Å². The summed E-state index contributed by atoms with van der Waals surface area (Å²) < 4.78 is 6.76. The highest BCUT2D eigenvalue weighted by Gasteiger charge is 2.23. The van der Waals surface area contributed by atoms with Crippen molar-refractivity contribution >= 4 is 29.4 Å². The number of rotatable bonds is 10. The molecular formula is C27H34ClN5O3. The molecule has 0 bridgehead atoms. The Morgan fingerprint density at radius 1 is 1.08 bits per heavy atom. The zero-order chi connectivity index (χ0) is 26.1. The number of hydrogen-bond donors (Lipinski definition) is 2. The normalized spacial score (nSPS) is 11.2. The number of para-hydroxylation sites is 1. The van der Waals surface area contributed by atoms with E-state index < -0.39 is 0 Å². The number of aromatic nitrogens is 2. The number of urea groups is 1. The van der Waals surface area contributed by atoms with E-state index in [4.69, 9.17) is 21.4 Å². The van der Waals surface area contributed by atoms with Gasteiger partial charge in [0.25, 0.3) is 0 Å².